The van der Waals surface area contributed by atoms with E-state index in [1.807, 2.05) is 11.3 Å². The molecule has 3 saturated heterocycles. The number of nitrogens with one attached hydrogen (secondary N) is 1. The standard InChI is InChI=1S/C17H25N3OS.HI/c1-2-18-17(19-8-7-12-4-3-9-22-12)20-10-13-14(11-20)16-6-5-15(13)21-16;/h3-4,9,13-16H,2,5-8,10-11H2,1H3,(H,18,19);1H. The molecular formula is C17H26IN3OS. The summed E-state index contributed by atoms with van der Waals surface area (Å²) < 4.78 is 6.07. The highest BCUT2D eigenvalue weighted by atomic mass is 127. The molecule has 3 aliphatic heterocycles. The fourth-order valence-corrected chi connectivity index (χ4v) is 4.98. The molecule has 128 valence electrons. The van der Waals surface area contributed by atoms with Gasteiger partial charge in [-0.2, -0.15) is 0 Å². The van der Waals surface area contributed by atoms with Crippen molar-refractivity contribution in [2.75, 3.05) is 26.2 Å². The predicted molar refractivity (Wildman–Crippen MR) is 106 cm³/mol. The van der Waals surface area contributed by atoms with Crippen molar-refractivity contribution in [3.8, 4) is 0 Å². The molecule has 4 unspecified atom stereocenters. The summed E-state index contributed by atoms with van der Waals surface area (Å²) in [6.45, 7) is 6.21. The normalized spacial score (nSPS) is 32.0. The molecule has 0 amide bonds. The Labute approximate surface area is 159 Å². The van der Waals surface area contributed by atoms with Gasteiger partial charge in [0.1, 0.15) is 0 Å². The van der Waals surface area contributed by atoms with E-state index in [0.717, 1.165) is 50.4 Å². The molecule has 1 aromatic heterocycles. The number of likely N-dealkylation sites (tertiary alicyclic amines) is 1. The lowest BCUT2D eigenvalue weighted by Crippen LogP contribution is -2.41. The molecule has 0 spiro atoms. The summed E-state index contributed by atoms with van der Waals surface area (Å²) in [6.07, 6.45) is 4.63. The SMILES string of the molecule is CCNC(=NCCc1cccs1)N1CC2C3CCC(O3)C2C1.I. The molecule has 4 atom stereocenters. The van der Waals surface area contributed by atoms with Crippen LogP contribution in [0.4, 0.5) is 0 Å². The summed E-state index contributed by atoms with van der Waals surface area (Å²) in [5.74, 6) is 2.58. The van der Waals surface area contributed by atoms with E-state index in [1.54, 1.807) is 0 Å². The first-order valence-corrected chi connectivity index (χ1v) is 9.44. The second-order valence-electron chi connectivity index (χ2n) is 6.59. The smallest absolute Gasteiger partial charge is 0.193 e. The molecule has 2 bridgehead atoms. The van der Waals surface area contributed by atoms with E-state index in [1.165, 1.54) is 17.7 Å². The maximum Gasteiger partial charge on any atom is 0.193 e. The summed E-state index contributed by atoms with van der Waals surface area (Å²) >= 11 is 1.82. The number of ether oxygens (including phenoxy) is 1. The van der Waals surface area contributed by atoms with Crippen molar-refractivity contribution in [3.05, 3.63) is 22.4 Å². The lowest BCUT2D eigenvalue weighted by molar-refractivity contribution is 0.0767. The van der Waals surface area contributed by atoms with Crippen LogP contribution in [-0.4, -0.2) is 49.2 Å². The minimum atomic E-state index is 0. The topological polar surface area (TPSA) is 36.9 Å². The van der Waals surface area contributed by atoms with Gasteiger partial charge in [0.2, 0.25) is 0 Å². The van der Waals surface area contributed by atoms with E-state index in [4.69, 9.17) is 9.73 Å². The van der Waals surface area contributed by atoms with Crippen molar-refractivity contribution in [2.45, 2.75) is 38.4 Å². The number of halogens is 1. The number of hydrogen-bond acceptors (Lipinski definition) is 3. The van der Waals surface area contributed by atoms with Gasteiger partial charge in [-0.15, -0.1) is 35.3 Å². The largest absolute Gasteiger partial charge is 0.374 e. The molecule has 3 aliphatic rings. The van der Waals surface area contributed by atoms with Crippen LogP contribution in [0.15, 0.2) is 22.5 Å². The zero-order chi connectivity index (χ0) is 14.9. The van der Waals surface area contributed by atoms with Crippen LogP contribution in [-0.2, 0) is 11.2 Å². The highest BCUT2D eigenvalue weighted by Gasteiger charge is 2.53. The van der Waals surface area contributed by atoms with Crippen LogP contribution in [0.5, 0.6) is 0 Å². The molecule has 6 heteroatoms. The van der Waals surface area contributed by atoms with Gasteiger partial charge < -0.3 is 15.0 Å². The summed E-state index contributed by atoms with van der Waals surface area (Å²) in [4.78, 5) is 8.76. The fourth-order valence-electron chi connectivity index (χ4n) is 4.29. The summed E-state index contributed by atoms with van der Waals surface area (Å²) in [7, 11) is 0. The fraction of sp³-hybridized carbons (Fsp3) is 0.706. The Hall–Kier alpha value is -0.340. The van der Waals surface area contributed by atoms with E-state index in [-0.39, 0.29) is 24.0 Å². The number of rotatable bonds is 4. The minimum absolute atomic E-state index is 0. The van der Waals surface area contributed by atoms with Crippen LogP contribution >= 0.6 is 35.3 Å². The molecule has 4 heterocycles. The lowest BCUT2D eigenvalue weighted by atomic mass is 9.82. The molecule has 1 N–H and O–H groups in total. The third-order valence-electron chi connectivity index (χ3n) is 5.29. The zero-order valence-electron chi connectivity index (χ0n) is 13.6. The van der Waals surface area contributed by atoms with E-state index in [0.29, 0.717) is 12.2 Å². The van der Waals surface area contributed by atoms with Crippen molar-refractivity contribution in [1.29, 1.82) is 0 Å². The number of nitrogens with zero attached hydrogens (tertiary/aromatic N) is 2. The Bertz CT molecular complexity index is 518. The van der Waals surface area contributed by atoms with Crippen LogP contribution in [0, 0.1) is 11.8 Å². The lowest BCUT2D eigenvalue weighted by Gasteiger charge is -2.23. The number of thiophene rings is 1. The molecular weight excluding hydrogens is 421 g/mol. The van der Waals surface area contributed by atoms with Crippen LogP contribution in [0.25, 0.3) is 0 Å². The molecule has 1 aromatic rings. The monoisotopic (exact) mass is 447 g/mol. The molecule has 0 aromatic carbocycles. The highest BCUT2D eigenvalue weighted by molar-refractivity contribution is 14.0. The molecule has 4 nitrogen and oxygen atoms in total. The quantitative estimate of drug-likeness (QED) is 0.438. The van der Waals surface area contributed by atoms with Crippen molar-refractivity contribution in [2.24, 2.45) is 16.8 Å². The maximum absolute atomic E-state index is 6.07. The van der Waals surface area contributed by atoms with Gasteiger partial charge in [0.05, 0.1) is 12.2 Å². The summed E-state index contributed by atoms with van der Waals surface area (Å²) in [6, 6.07) is 4.31. The Morgan fingerprint density at radius 2 is 2.09 bits per heavy atom. The molecule has 0 radical (unpaired) electrons. The molecule has 23 heavy (non-hydrogen) atoms. The van der Waals surface area contributed by atoms with E-state index < -0.39 is 0 Å². The molecule has 3 fully saturated rings. The predicted octanol–water partition coefficient (Wildman–Crippen LogP) is 2.98. The maximum atomic E-state index is 6.07. The number of aliphatic imine (C=N–C) groups is 1. The first-order valence-electron chi connectivity index (χ1n) is 8.56. The summed E-state index contributed by atoms with van der Waals surface area (Å²) in [5, 5.41) is 5.62. The van der Waals surface area contributed by atoms with Gasteiger partial charge in [-0.05, 0) is 31.2 Å². The highest BCUT2D eigenvalue weighted by Crippen LogP contribution is 2.47. The third kappa shape index (κ3) is 3.54. The Balaban J connectivity index is 0.00000156. The van der Waals surface area contributed by atoms with Gasteiger partial charge in [-0.25, -0.2) is 0 Å². The van der Waals surface area contributed by atoms with Gasteiger partial charge in [-0.3, -0.25) is 4.99 Å². The van der Waals surface area contributed by atoms with Crippen LogP contribution in [0.1, 0.15) is 24.6 Å². The minimum Gasteiger partial charge on any atom is -0.374 e. The van der Waals surface area contributed by atoms with Crippen molar-refractivity contribution < 1.29 is 4.74 Å². The van der Waals surface area contributed by atoms with Gasteiger partial charge in [0.15, 0.2) is 5.96 Å². The van der Waals surface area contributed by atoms with E-state index in [2.05, 4.69) is 34.7 Å². The van der Waals surface area contributed by atoms with Gasteiger partial charge in [0.25, 0.3) is 0 Å². The first kappa shape index (κ1) is 17.5. The Morgan fingerprint density at radius 3 is 2.70 bits per heavy atom. The Morgan fingerprint density at radius 1 is 1.35 bits per heavy atom. The first-order chi connectivity index (χ1) is 10.8. The molecule has 0 saturated carbocycles. The number of guanidine groups is 1. The van der Waals surface area contributed by atoms with Crippen LogP contribution in [0.3, 0.4) is 0 Å². The van der Waals surface area contributed by atoms with Crippen molar-refractivity contribution >= 4 is 41.3 Å². The third-order valence-corrected chi connectivity index (χ3v) is 6.22. The van der Waals surface area contributed by atoms with Crippen LogP contribution in [0.2, 0.25) is 0 Å². The summed E-state index contributed by atoms with van der Waals surface area (Å²) in [5.41, 5.74) is 0. The number of fused-ring (bicyclic) bond motifs is 5. The van der Waals surface area contributed by atoms with E-state index >= 15 is 0 Å². The average molecular weight is 447 g/mol. The van der Waals surface area contributed by atoms with E-state index in [9.17, 15) is 0 Å². The average Bonchev–Trinajstić information content (AvgIpc) is 3.27. The molecule has 0 aliphatic carbocycles. The van der Waals surface area contributed by atoms with Gasteiger partial charge in [-0.1, -0.05) is 6.07 Å². The van der Waals surface area contributed by atoms with Crippen molar-refractivity contribution in [3.63, 3.8) is 0 Å². The number of hydrogen-bond donors (Lipinski definition) is 1. The van der Waals surface area contributed by atoms with Crippen LogP contribution < -0.4 is 5.32 Å². The van der Waals surface area contributed by atoms with Gasteiger partial charge >= 0.3 is 0 Å². The van der Waals surface area contributed by atoms with Gasteiger partial charge in [0, 0.05) is 49.3 Å². The molecule has 4 rings (SSSR count). The Kier molecular flexibility index (Phi) is 5.85. The second kappa shape index (κ2) is 7.70. The van der Waals surface area contributed by atoms with Crippen molar-refractivity contribution in [1.82, 2.24) is 10.2 Å². The zero-order valence-corrected chi connectivity index (χ0v) is 16.8. The second-order valence-corrected chi connectivity index (χ2v) is 7.62.